The molecule has 224 valence electrons. The van der Waals surface area contributed by atoms with Gasteiger partial charge >= 0.3 is 13.2 Å². The molecule has 6 aromatic rings. The molecule has 45 heavy (non-hydrogen) atoms. The zero-order chi connectivity index (χ0) is 31.6. The minimum absolute atomic E-state index is 0.244. The third-order valence-corrected chi connectivity index (χ3v) is 6.80. The molecule has 1 aromatic heterocycles. The number of benzene rings is 5. The Morgan fingerprint density at radius 3 is 1.44 bits per heavy atom. The molecule has 0 aliphatic heterocycles. The monoisotopic (exact) mass is 605 g/mol. The number of pyridine rings is 1. The highest BCUT2D eigenvalue weighted by Crippen LogP contribution is 2.27. The normalized spacial score (nSPS) is 10.8. The predicted molar refractivity (Wildman–Crippen MR) is 172 cm³/mol. The van der Waals surface area contributed by atoms with Gasteiger partial charge in [0.25, 0.3) is 5.69 Å². The Balaban J connectivity index is 0.000000743. The van der Waals surface area contributed by atoms with E-state index < -0.39 is 7.25 Å². The summed E-state index contributed by atoms with van der Waals surface area (Å²) < 4.78 is 41.0. The number of carbonyl (C=O) groups is 1. The van der Waals surface area contributed by atoms with Gasteiger partial charge in [-0.3, -0.25) is 15.6 Å². The summed E-state index contributed by atoms with van der Waals surface area (Å²) >= 11 is 0. The summed E-state index contributed by atoms with van der Waals surface area (Å²) in [5.74, 6) is -0.244. The highest BCUT2D eigenvalue weighted by Gasteiger charge is 2.28. The highest BCUT2D eigenvalue weighted by atomic mass is 19.5. The van der Waals surface area contributed by atoms with Crippen LogP contribution in [0.25, 0.3) is 39.2 Å². The summed E-state index contributed by atoms with van der Waals surface area (Å²) in [4.78, 5) is 13.9. The van der Waals surface area contributed by atoms with Gasteiger partial charge in [0.1, 0.15) is 0 Å². The predicted octanol–water partition coefficient (Wildman–Crippen LogP) is 9.02. The van der Waals surface area contributed by atoms with Crippen molar-refractivity contribution >= 4 is 18.8 Å². The summed E-state index contributed by atoms with van der Waals surface area (Å²) in [5.41, 5.74) is 14.4. The van der Waals surface area contributed by atoms with Crippen LogP contribution in [0.15, 0.2) is 158 Å². The van der Waals surface area contributed by atoms with Gasteiger partial charge in [0, 0.05) is 29.8 Å². The molecule has 0 unspecified atom stereocenters. The van der Waals surface area contributed by atoms with Crippen molar-refractivity contribution in [2.45, 2.75) is 0 Å². The molecular weight excluding hydrogens is 577 g/mol. The zero-order valence-corrected chi connectivity index (χ0v) is 24.0. The maximum Gasteiger partial charge on any atom is 0.673 e. The second-order valence-corrected chi connectivity index (χ2v) is 9.93. The number of hydrogen-bond acceptors (Lipinski definition) is 2. The van der Waals surface area contributed by atoms with Crippen molar-refractivity contribution in [1.29, 1.82) is 0 Å². The minimum atomic E-state index is -6.00. The second kappa shape index (κ2) is 14.2. The number of hydrogen-bond donors (Lipinski definition) is 2. The quantitative estimate of drug-likeness (QED) is 0.0826. The largest absolute Gasteiger partial charge is 0.673 e. The first-order valence-electron chi connectivity index (χ1n) is 14.1. The van der Waals surface area contributed by atoms with Crippen LogP contribution in [0.5, 0.6) is 0 Å². The zero-order valence-electron chi connectivity index (χ0n) is 24.0. The van der Waals surface area contributed by atoms with E-state index in [0.717, 1.165) is 44.9 Å². The van der Waals surface area contributed by atoms with Crippen LogP contribution < -0.4 is 15.4 Å². The maximum atomic E-state index is 13.9. The molecule has 6 rings (SSSR count). The lowest BCUT2D eigenvalue weighted by Crippen LogP contribution is -2.45. The molecule has 1 heterocycles. The Morgan fingerprint density at radius 2 is 0.933 bits per heavy atom. The first-order valence-corrected chi connectivity index (χ1v) is 14.1. The van der Waals surface area contributed by atoms with Crippen LogP contribution in [0, 0.1) is 0 Å². The van der Waals surface area contributed by atoms with Gasteiger partial charge in [-0.15, -0.1) is 4.57 Å². The van der Waals surface area contributed by atoms with Gasteiger partial charge in [-0.2, -0.15) is 0 Å². The Morgan fingerprint density at radius 1 is 0.511 bits per heavy atom. The fraction of sp³-hybridized carbons (Fsp3) is 0. The van der Waals surface area contributed by atoms with Gasteiger partial charge < -0.3 is 17.3 Å². The Kier molecular flexibility index (Phi) is 9.69. The van der Waals surface area contributed by atoms with Crippen LogP contribution in [-0.4, -0.2) is 13.2 Å². The van der Waals surface area contributed by atoms with E-state index in [0.29, 0.717) is 5.69 Å². The van der Waals surface area contributed by atoms with E-state index in [1.807, 2.05) is 95.6 Å². The van der Waals surface area contributed by atoms with E-state index in [9.17, 15) is 22.1 Å². The molecule has 1 amide bonds. The van der Waals surface area contributed by atoms with Crippen LogP contribution in [0.1, 0.15) is 10.5 Å². The lowest BCUT2D eigenvalue weighted by molar-refractivity contribution is -0.586. The minimum Gasteiger partial charge on any atom is -0.418 e. The van der Waals surface area contributed by atoms with Crippen molar-refractivity contribution in [3.8, 4) is 39.2 Å². The number of halogens is 4. The second-order valence-electron chi connectivity index (χ2n) is 9.93. The summed E-state index contributed by atoms with van der Waals surface area (Å²) in [7, 11) is -6.00. The fourth-order valence-electron chi connectivity index (χ4n) is 4.81. The third-order valence-electron chi connectivity index (χ3n) is 6.80. The van der Waals surface area contributed by atoms with Crippen molar-refractivity contribution < 1.29 is 26.6 Å². The van der Waals surface area contributed by atoms with Crippen molar-refractivity contribution in [2.24, 2.45) is 0 Å². The molecule has 0 atom stereocenters. The molecule has 0 aliphatic carbocycles. The molecule has 4 nitrogen and oxygen atoms in total. The molecular formula is C36H28BF4N3O. The first kappa shape index (κ1) is 30.8. The number of rotatable bonds is 7. The molecule has 9 heteroatoms. The lowest BCUT2D eigenvalue weighted by Gasteiger charge is -2.13. The van der Waals surface area contributed by atoms with E-state index in [1.165, 1.54) is 0 Å². The average molecular weight is 605 g/mol. The Labute approximate surface area is 258 Å². The smallest absolute Gasteiger partial charge is 0.418 e. The van der Waals surface area contributed by atoms with Crippen molar-refractivity contribution in [1.82, 2.24) is 5.43 Å². The van der Waals surface area contributed by atoms with E-state index in [1.54, 1.807) is 0 Å². The van der Waals surface area contributed by atoms with E-state index in [2.05, 4.69) is 77.6 Å². The van der Waals surface area contributed by atoms with Gasteiger partial charge in [-0.1, -0.05) is 97.1 Å². The third kappa shape index (κ3) is 8.45. The van der Waals surface area contributed by atoms with E-state index >= 15 is 0 Å². The molecule has 0 fully saturated rings. The molecule has 0 aliphatic rings. The van der Waals surface area contributed by atoms with Crippen molar-refractivity contribution in [3.63, 3.8) is 0 Å². The molecule has 5 aromatic carbocycles. The number of nitrogens with zero attached hydrogens (tertiary/aromatic N) is 1. The Hall–Kier alpha value is -5.70. The van der Waals surface area contributed by atoms with Crippen LogP contribution in [0.4, 0.5) is 23.0 Å². The number of carbonyl (C=O) groups excluding carboxylic acids is 1. The first-order chi connectivity index (χ1) is 21.8. The molecule has 0 radical (unpaired) electrons. The molecule has 0 saturated heterocycles. The summed E-state index contributed by atoms with van der Waals surface area (Å²) in [5, 5.41) is 0. The van der Waals surface area contributed by atoms with Crippen molar-refractivity contribution in [3.05, 3.63) is 163 Å². The van der Waals surface area contributed by atoms with Gasteiger partial charge in [0.05, 0.1) is 5.69 Å². The van der Waals surface area contributed by atoms with Gasteiger partial charge in [0.15, 0.2) is 0 Å². The number of nitrogens with one attached hydrogen (secondary N) is 2. The number of para-hydroxylation sites is 1. The maximum absolute atomic E-state index is 13.9. The van der Waals surface area contributed by atoms with Crippen LogP contribution in [0.3, 0.4) is 0 Å². The van der Waals surface area contributed by atoms with E-state index in [-0.39, 0.29) is 5.91 Å². The number of aromatic nitrogens is 1. The lowest BCUT2D eigenvalue weighted by atomic mass is 10.00. The van der Waals surface area contributed by atoms with Crippen LogP contribution >= 0.6 is 0 Å². The summed E-state index contributed by atoms with van der Waals surface area (Å²) in [6, 6.07) is 52.7. The van der Waals surface area contributed by atoms with Crippen LogP contribution in [-0.2, 0) is 0 Å². The topological polar surface area (TPSA) is 45.0 Å². The standard InChI is InChI=1S/C36H27N3O.BF4/c40-36(38-37-32-19-11-4-12-20-32)35-26-31(28-15-7-2-8-16-28)25-34(30-17-9-3-10-18-30)39(35)33-23-21-29(22-24-33)27-13-5-1-6-14-27;2-1(3,4)5/h1-26,40H;/q;-1/p+1. The molecule has 0 saturated carbocycles. The van der Waals surface area contributed by atoms with Crippen LogP contribution in [0.2, 0.25) is 0 Å². The molecule has 2 N–H and O–H groups in total. The van der Waals surface area contributed by atoms with E-state index in [4.69, 9.17) is 0 Å². The molecule has 0 bridgehead atoms. The van der Waals surface area contributed by atoms with Crippen molar-refractivity contribution in [2.75, 3.05) is 5.43 Å². The number of hydrazine groups is 1. The molecule has 0 spiro atoms. The summed E-state index contributed by atoms with van der Waals surface area (Å²) in [6.45, 7) is 0. The highest BCUT2D eigenvalue weighted by molar-refractivity contribution is 6.50. The average Bonchev–Trinajstić information content (AvgIpc) is 3.07. The number of anilines is 1. The number of amides is 1. The summed E-state index contributed by atoms with van der Waals surface area (Å²) in [6.07, 6.45) is 0. The van der Waals surface area contributed by atoms with Gasteiger partial charge in [-0.25, -0.2) is 0 Å². The SMILES string of the molecule is F[B-](F)(F)F.O=C(NNc1ccccc1)c1cc(-c2ccccc2)cc(-c2ccccc2)[n+]1-c1ccc(-c2ccccc2)cc1. The van der Waals surface area contributed by atoms with Gasteiger partial charge in [-0.05, 0) is 58.7 Å². The Bertz CT molecular complexity index is 1830. The van der Waals surface area contributed by atoms with Gasteiger partial charge in [0.2, 0.25) is 11.4 Å². The fourth-order valence-corrected chi connectivity index (χ4v) is 4.81.